The van der Waals surface area contributed by atoms with Gasteiger partial charge >= 0.3 is 5.97 Å². The third kappa shape index (κ3) is 4.73. The number of H-pyrrole nitrogens is 1. The van der Waals surface area contributed by atoms with Gasteiger partial charge in [0.2, 0.25) is 40.7 Å². The van der Waals surface area contributed by atoms with Crippen molar-refractivity contribution in [3.8, 4) is 11.6 Å². The summed E-state index contributed by atoms with van der Waals surface area (Å²) in [7, 11) is 0. The summed E-state index contributed by atoms with van der Waals surface area (Å²) in [4.78, 5) is 15.0. The lowest BCUT2D eigenvalue weighted by atomic mass is 10.1. The number of carbonyl (C=O) groups is 1. The van der Waals surface area contributed by atoms with E-state index in [4.69, 9.17) is 4.55 Å². The van der Waals surface area contributed by atoms with Gasteiger partial charge in [-0.25, -0.2) is 22.2 Å². The number of nitrogens with zero attached hydrogens (tertiary/aromatic N) is 2. The Morgan fingerprint density at radius 2 is 1.53 bits per heavy atom. The van der Waals surface area contributed by atoms with E-state index in [1.165, 1.54) is 30.3 Å². The SMILES string of the molecule is O=C(Oc1c(F)c(F)c(F)c(F)c1F)c1ccc2[nH]c(O)c(N=Nc3ccc(NS(=O)O)cc3)c2c1. The number of anilines is 1. The fourth-order valence-electron chi connectivity index (χ4n) is 3.02. The minimum atomic E-state index is -2.40. The van der Waals surface area contributed by atoms with Crippen LogP contribution in [0.25, 0.3) is 10.9 Å². The lowest BCUT2D eigenvalue weighted by Gasteiger charge is -2.09. The van der Waals surface area contributed by atoms with Gasteiger partial charge in [-0.2, -0.15) is 13.9 Å². The monoisotopic (exact) mass is 526 g/mol. The predicted molar refractivity (Wildman–Crippen MR) is 116 cm³/mol. The van der Waals surface area contributed by atoms with Crippen molar-refractivity contribution in [1.29, 1.82) is 0 Å². The number of nitrogens with one attached hydrogen (secondary N) is 2. The lowest BCUT2D eigenvalue weighted by molar-refractivity contribution is 0.0716. The van der Waals surface area contributed by atoms with Crippen molar-refractivity contribution < 1.29 is 45.4 Å². The van der Waals surface area contributed by atoms with Crippen molar-refractivity contribution >= 4 is 45.2 Å². The van der Waals surface area contributed by atoms with Gasteiger partial charge in [-0.05, 0) is 42.5 Å². The van der Waals surface area contributed by atoms with E-state index < -0.39 is 58.0 Å². The first-order valence-corrected chi connectivity index (χ1v) is 10.6. The van der Waals surface area contributed by atoms with Crippen LogP contribution in [-0.2, 0) is 11.3 Å². The molecule has 0 aliphatic heterocycles. The third-order valence-corrected chi connectivity index (χ3v) is 5.10. The van der Waals surface area contributed by atoms with Crippen LogP contribution >= 0.6 is 0 Å². The van der Waals surface area contributed by atoms with Gasteiger partial charge in [0.15, 0.2) is 5.69 Å². The molecule has 15 heteroatoms. The maximum Gasteiger partial charge on any atom is 0.343 e. The Morgan fingerprint density at radius 3 is 2.14 bits per heavy atom. The molecule has 3 aromatic carbocycles. The number of carbonyl (C=O) groups excluding carboxylic acids is 1. The van der Waals surface area contributed by atoms with E-state index in [1.807, 2.05) is 0 Å². The molecule has 0 fully saturated rings. The van der Waals surface area contributed by atoms with E-state index in [0.29, 0.717) is 5.69 Å². The molecule has 4 rings (SSSR count). The molecule has 1 aromatic heterocycles. The summed E-state index contributed by atoms with van der Waals surface area (Å²) in [6, 6.07) is 9.24. The second kappa shape index (κ2) is 9.71. The van der Waals surface area contributed by atoms with Crippen LogP contribution in [0.4, 0.5) is 39.0 Å². The van der Waals surface area contributed by atoms with E-state index in [2.05, 4.69) is 24.7 Å². The van der Waals surface area contributed by atoms with Crippen LogP contribution in [0.3, 0.4) is 0 Å². The molecule has 186 valence electrons. The highest BCUT2D eigenvalue weighted by molar-refractivity contribution is 7.80. The van der Waals surface area contributed by atoms with Crippen molar-refractivity contribution in [2.45, 2.75) is 0 Å². The maximum atomic E-state index is 13.9. The summed E-state index contributed by atoms with van der Waals surface area (Å²) in [5.74, 6) is -15.3. The largest absolute Gasteiger partial charge is 0.493 e. The highest BCUT2D eigenvalue weighted by Gasteiger charge is 2.29. The molecule has 0 bridgehead atoms. The van der Waals surface area contributed by atoms with Crippen LogP contribution in [0.2, 0.25) is 0 Å². The van der Waals surface area contributed by atoms with E-state index in [9.17, 15) is 36.1 Å². The van der Waals surface area contributed by atoms with E-state index >= 15 is 0 Å². The number of benzene rings is 3. The van der Waals surface area contributed by atoms with E-state index in [1.54, 1.807) is 0 Å². The predicted octanol–water partition coefficient (Wildman–Crippen LogP) is 5.75. The van der Waals surface area contributed by atoms with E-state index in [-0.39, 0.29) is 27.8 Å². The third-order valence-electron chi connectivity index (χ3n) is 4.69. The number of halogens is 5. The molecule has 0 aliphatic carbocycles. The zero-order valence-corrected chi connectivity index (χ0v) is 18.2. The van der Waals surface area contributed by atoms with Crippen LogP contribution in [0.5, 0.6) is 11.6 Å². The standard InChI is InChI=1S/C21H11F5N4O5S/c22-13-14(23)16(25)19(17(26)15(13)24)35-21(32)8-1-6-12-11(7-8)18(20(31)27-12)29-28-9-2-4-10(5-3-9)30-36(33)34/h1-7,27,30-31H,(H,33,34). The first-order chi connectivity index (χ1) is 17.1. The average Bonchev–Trinajstić information content (AvgIpc) is 3.17. The molecule has 1 heterocycles. The minimum absolute atomic E-state index is 0.108. The van der Waals surface area contributed by atoms with Gasteiger partial charge in [0, 0.05) is 11.1 Å². The molecule has 1 unspecified atom stereocenters. The molecule has 0 saturated heterocycles. The molecule has 9 nitrogen and oxygen atoms in total. The number of ether oxygens (including phenoxy) is 1. The van der Waals surface area contributed by atoms with Crippen LogP contribution in [-0.4, -0.2) is 24.8 Å². The summed E-state index contributed by atoms with van der Waals surface area (Å²) in [5.41, 5.74) is 0.352. The Labute approximate surface area is 199 Å². The van der Waals surface area contributed by atoms with Crippen molar-refractivity contribution in [1.82, 2.24) is 4.98 Å². The van der Waals surface area contributed by atoms with Crippen molar-refractivity contribution in [2.75, 3.05) is 4.72 Å². The summed E-state index contributed by atoms with van der Waals surface area (Å²) in [6.07, 6.45) is 0. The number of aromatic hydroxyl groups is 1. The molecule has 0 aliphatic rings. The maximum absolute atomic E-state index is 13.9. The molecule has 4 aromatic rings. The Bertz CT molecular complexity index is 1530. The second-order valence-electron chi connectivity index (χ2n) is 6.97. The highest BCUT2D eigenvalue weighted by atomic mass is 32.2. The van der Waals surface area contributed by atoms with Gasteiger partial charge in [-0.1, -0.05) is 0 Å². The molecule has 4 N–H and O–H groups in total. The first-order valence-electron chi connectivity index (χ1n) is 9.54. The fraction of sp³-hybridized carbons (Fsp3) is 0. The van der Waals surface area contributed by atoms with Gasteiger partial charge in [0.1, 0.15) is 0 Å². The molecule has 0 saturated carbocycles. The summed E-state index contributed by atoms with van der Waals surface area (Å²) in [6.45, 7) is 0. The van der Waals surface area contributed by atoms with Gasteiger partial charge < -0.3 is 14.8 Å². The van der Waals surface area contributed by atoms with Crippen LogP contribution < -0.4 is 9.46 Å². The average molecular weight is 526 g/mol. The van der Waals surface area contributed by atoms with Crippen LogP contribution in [0.15, 0.2) is 52.7 Å². The quantitative estimate of drug-likeness (QED) is 0.0482. The second-order valence-corrected chi connectivity index (χ2v) is 7.67. The lowest BCUT2D eigenvalue weighted by Crippen LogP contribution is -2.13. The van der Waals surface area contributed by atoms with Gasteiger partial charge in [0.25, 0.3) is 11.3 Å². The van der Waals surface area contributed by atoms with Crippen molar-refractivity contribution in [3.05, 3.63) is 77.1 Å². The molecule has 0 amide bonds. The fourth-order valence-corrected chi connectivity index (χ4v) is 3.36. The van der Waals surface area contributed by atoms with Crippen molar-refractivity contribution in [2.24, 2.45) is 10.2 Å². The first kappa shape index (κ1) is 24.7. The molecule has 1 atom stereocenters. The van der Waals surface area contributed by atoms with E-state index in [0.717, 1.165) is 12.1 Å². The molecule has 36 heavy (non-hydrogen) atoms. The number of esters is 1. The van der Waals surface area contributed by atoms with Gasteiger partial charge in [0.05, 0.1) is 16.8 Å². The Balaban J connectivity index is 1.64. The number of azo groups is 1. The van der Waals surface area contributed by atoms with Crippen molar-refractivity contribution in [3.63, 3.8) is 0 Å². The summed E-state index contributed by atoms with van der Waals surface area (Å²) in [5, 5.41) is 18.1. The minimum Gasteiger partial charge on any atom is -0.493 e. The topological polar surface area (TPSA) is 136 Å². The highest BCUT2D eigenvalue weighted by Crippen LogP contribution is 2.37. The molecule has 0 spiro atoms. The van der Waals surface area contributed by atoms with Crippen LogP contribution in [0.1, 0.15) is 10.4 Å². The normalized spacial score (nSPS) is 12.3. The zero-order chi connectivity index (χ0) is 26.1. The van der Waals surface area contributed by atoms with Gasteiger partial charge in [-0.15, -0.1) is 5.11 Å². The number of aromatic amines is 1. The molecular weight excluding hydrogens is 515 g/mol. The Hall–Kier alpha value is -4.37. The number of hydrogen-bond donors (Lipinski definition) is 4. The van der Waals surface area contributed by atoms with Gasteiger partial charge in [-0.3, -0.25) is 9.27 Å². The smallest absolute Gasteiger partial charge is 0.343 e. The number of hydrogen-bond acceptors (Lipinski definition) is 6. The Morgan fingerprint density at radius 1 is 0.917 bits per heavy atom. The number of rotatable bonds is 6. The number of fused-ring (bicyclic) bond motifs is 1. The molecule has 0 radical (unpaired) electrons. The Kier molecular flexibility index (Phi) is 6.67. The summed E-state index contributed by atoms with van der Waals surface area (Å²) < 4.78 is 93.9. The number of aromatic nitrogens is 1. The summed E-state index contributed by atoms with van der Waals surface area (Å²) >= 11 is -2.27. The van der Waals surface area contributed by atoms with Crippen LogP contribution in [0, 0.1) is 29.1 Å². The molecular formula is C21H11F5N4O5S. The zero-order valence-electron chi connectivity index (χ0n) is 17.4.